The lowest BCUT2D eigenvalue weighted by Crippen LogP contribution is -1.91. The van der Waals surface area contributed by atoms with Gasteiger partial charge in [-0.15, -0.1) is 0 Å². The molecule has 0 aliphatic heterocycles. The number of rotatable bonds is 2. The van der Waals surface area contributed by atoms with E-state index in [0.717, 1.165) is 17.4 Å². The molecule has 0 saturated carbocycles. The quantitative estimate of drug-likeness (QED) is 0.496. The monoisotopic (exact) mass is 284 g/mol. The van der Waals surface area contributed by atoms with Crippen LogP contribution >= 0.6 is 0 Å². The molecule has 0 fully saturated rings. The van der Waals surface area contributed by atoms with Gasteiger partial charge in [-0.2, -0.15) is 0 Å². The Morgan fingerprint density at radius 1 is 0.636 bits per heavy atom. The summed E-state index contributed by atoms with van der Waals surface area (Å²) in [7, 11) is 0. The van der Waals surface area contributed by atoms with Crippen molar-refractivity contribution in [1.82, 2.24) is 0 Å². The van der Waals surface area contributed by atoms with Crippen molar-refractivity contribution in [3.05, 3.63) is 90.0 Å². The molecule has 1 N–H and O–H groups in total. The normalized spacial score (nSPS) is 11.1. The minimum absolute atomic E-state index is 0.367. The van der Waals surface area contributed by atoms with Crippen molar-refractivity contribution in [3.63, 3.8) is 0 Å². The van der Waals surface area contributed by atoms with Crippen LogP contribution in [0.2, 0.25) is 0 Å². The minimum Gasteiger partial charge on any atom is -0.508 e. The van der Waals surface area contributed by atoms with Crippen molar-refractivity contribution in [1.29, 1.82) is 0 Å². The largest absolute Gasteiger partial charge is 0.508 e. The van der Waals surface area contributed by atoms with Crippen molar-refractivity contribution in [3.8, 4) is 5.75 Å². The van der Waals surface area contributed by atoms with E-state index in [1.54, 1.807) is 6.07 Å². The first-order chi connectivity index (χ1) is 10.8. The summed E-state index contributed by atoms with van der Waals surface area (Å²) in [5, 5.41) is 15.1. The Bertz CT molecular complexity index is 955. The second kappa shape index (κ2) is 5.19. The zero-order chi connectivity index (χ0) is 14.9. The van der Waals surface area contributed by atoms with Crippen LogP contribution in [0.3, 0.4) is 0 Å². The summed E-state index contributed by atoms with van der Waals surface area (Å²) in [4.78, 5) is 0. The number of benzene rings is 4. The van der Waals surface area contributed by atoms with Gasteiger partial charge in [-0.25, -0.2) is 0 Å². The van der Waals surface area contributed by atoms with Crippen molar-refractivity contribution in [2.75, 3.05) is 0 Å². The lowest BCUT2D eigenvalue weighted by atomic mass is 9.95. The van der Waals surface area contributed by atoms with Crippen LogP contribution in [0, 0.1) is 0 Å². The Morgan fingerprint density at radius 3 is 2.09 bits per heavy atom. The number of hydrogen-bond donors (Lipinski definition) is 1. The maximum Gasteiger partial charge on any atom is 0.119 e. The van der Waals surface area contributed by atoms with Crippen LogP contribution in [0.25, 0.3) is 21.5 Å². The summed E-state index contributed by atoms with van der Waals surface area (Å²) in [5.74, 6) is 0.367. The Hall–Kier alpha value is -2.80. The molecule has 0 radical (unpaired) electrons. The molecule has 4 rings (SSSR count). The number of fused-ring (bicyclic) bond motifs is 2. The van der Waals surface area contributed by atoms with Crippen molar-refractivity contribution in [2.45, 2.75) is 6.42 Å². The van der Waals surface area contributed by atoms with E-state index in [1.165, 1.54) is 21.7 Å². The zero-order valence-electron chi connectivity index (χ0n) is 12.2. The molecular formula is C21H16O. The molecule has 0 heterocycles. The Labute approximate surface area is 129 Å². The van der Waals surface area contributed by atoms with Gasteiger partial charge in [-0.05, 0) is 45.3 Å². The second-order valence-corrected chi connectivity index (χ2v) is 5.65. The van der Waals surface area contributed by atoms with E-state index in [0.29, 0.717) is 5.75 Å². The average Bonchev–Trinajstić information content (AvgIpc) is 2.57. The smallest absolute Gasteiger partial charge is 0.119 e. The van der Waals surface area contributed by atoms with E-state index in [9.17, 15) is 5.11 Å². The van der Waals surface area contributed by atoms with Crippen molar-refractivity contribution < 1.29 is 5.11 Å². The average molecular weight is 284 g/mol. The second-order valence-electron chi connectivity index (χ2n) is 5.65. The predicted molar refractivity (Wildman–Crippen MR) is 92.4 cm³/mol. The number of phenolic OH excluding ortho intramolecular Hbond substituents is 1. The summed E-state index contributed by atoms with van der Waals surface area (Å²) < 4.78 is 0. The predicted octanol–water partition coefficient (Wildman–Crippen LogP) is 5.29. The van der Waals surface area contributed by atoms with Crippen LogP contribution in [0.15, 0.2) is 78.9 Å². The first-order valence-electron chi connectivity index (χ1n) is 7.48. The molecule has 1 nitrogen and oxygen atoms in total. The summed E-state index contributed by atoms with van der Waals surface area (Å²) in [5.41, 5.74) is 2.20. The molecule has 4 aromatic rings. The van der Waals surface area contributed by atoms with Crippen LogP contribution in [-0.2, 0) is 6.42 Å². The molecule has 0 atom stereocenters. The Kier molecular flexibility index (Phi) is 3.05. The fraction of sp³-hybridized carbons (Fsp3) is 0.0476. The third-order valence-corrected chi connectivity index (χ3v) is 4.20. The first-order valence-corrected chi connectivity index (χ1v) is 7.48. The van der Waals surface area contributed by atoms with Gasteiger partial charge in [0.1, 0.15) is 5.75 Å². The van der Waals surface area contributed by atoms with Crippen LogP contribution < -0.4 is 0 Å². The highest BCUT2D eigenvalue weighted by Gasteiger charge is 2.09. The number of aromatic hydroxyl groups is 1. The fourth-order valence-electron chi connectivity index (χ4n) is 3.05. The van der Waals surface area contributed by atoms with E-state index < -0.39 is 0 Å². The zero-order valence-corrected chi connectivity index (χ0v) is 12.2. The molecule has 0 bridgehead atoms. The molecule has 1 heteroatoms. The van der Waals surface area contributed by atoms with E-state index in [-0.39, 0.29) is 0 Å². The number of phenols is 1. The summed E-state index contributed by atoms with van der Waals surface area (Å²) in [6.45, 7) is 0. The minimum atomic E-state index is 0.367. The molecule has 0 unspecified atom stereocenters. The van der Waals surface area contributed by atoms with E-state index in [2.05, 4.69) is 42.5 Å². The fourth-order valence-corrected chi connectivity index (χ4v) is 3.05. The lowest BCUT2D eigenvalue weighted by molar-refractivity contribution is 0.470. The van der Waals surface area contributed by atoms with Gasteiger partial charge in [0.25, 0.3) is 0 Å². The molecule has 4 aromatic carbocycles. The molecule has 0 aromatic heterocycles. The third kappa shape index (κ3) is 2.21. The first kappa shape index (κ1) is 12.9. The maximum absolute atomic E-state index is 10.3. The van der Waals surface area contributed by atoms with Crippen LogP contribution in [0.4, 0.5) is 0 Å². The molecule has 106 valence electrons. The van der Waals surface area contributed by atoms with Crippen molar-refractivity contribution in [2.24, 2.45) is 0 Å². The number of hydrogen-bond acceptors (Lipinski definition) is 1. The molecular weight excluding hydrogens is 268 g/mol. The molecule has 0 aliphatic rings. The Balaban J connectivity index is 1.95. The van der Waals surface area contributed by atoms with Crippen LogP contribution in [0.1, 0.15) is 11.1 Å². The molecule has 0 amide bonds. The van der Waals surface area contributed by atoms with E-state index >= 15 is 0 Å². The van der Waals surface area contributed by atoms with Gasteiger partial charge in [0, 0.05) is 12.0 Å². The highest BCUT2D eigenvalue weighted by molar-refractivity contribution is 6.00. The van der Waals surface area contributed by atoms with Gasteiger partial charge in [0.05, 0.1) is 0 Å². The molecule has 22 heavy (non-hydrogen) atoms. The standard InChI is InChI=1S/C21H16O/c22-21-11-10-18-13-16-8-4-5-9-17(16)14-19(18)20(21)12-15-6-2-1-3-7-15/h1-11,13-14,22H,12H2. The van der Waals surface area contributed by atoms with Gasteiger partial charge in [0.15, 0.2) is 0 Å². The van der Waals surface area contributed by atoms with Gasteiger partial charge in [-0.3, -0.25) is 0 Å². The Morgan fingerprint density at radius 2 is 1.32 bits per heavy atom. The van der Waals surface area contributed by atoms with Gasteiger partial charge >= 0.3 is 0 Å². The SMILES string of the molecule is Oc1ccc2cc3ccccc3cc2c1Cc1ccccc1. The summed E-state index contributed by atoms with van der Waals surface area (Å²) >= 11 is 0. The highest BCUT2D eigenvalue weighted by atomic mass is 16.3. The maximum atomic E-state index is 10.3. The summed E-state index contributed by atoms with van der Waals surface area (Å²) in [6.07, 6.45) is 0.738. The van der Waals surface area contributed by atoms with Crippen LogP contribution in [0.5, 0.6) is 5.75 Å². The van der Waals surface area contributed by atoms with Gasteiger partial charge in [-0.1, -0.05) is 60.7 Å². The summed E-state index contributed by atoms with van der Waals surface area (Å²) in [6, 6.07) is 26.8. The van der Waals surface area contributed by atoms with Gasteiger partial charge < -0.3 is 5.11 Å². The molecule has 0 spiro atoms. The lowest BCUT2D eigenvalue weighted by Gasteiger charge is -2.11. The van der Waals surface area contributed by atoms with Gasteiger partial charge in [0.2, 0.25) is 0 Å². The molecule has 0 aliphatic carbocycles. The molecule has 0 saturated heterocycles. The third-order valence-electron chi connectivity index (χ3n) is 4.20. The topological polar surface area (TPSA) is 20.2 Å². The highest BCUT2D eigenvalue weighted by Crippen LogP contribution is 2.32. The van der Waals surface area contributed by atoms with Crippen molar-refractivity contribution >= 4 is 21.5 Å². The van der Waals surface area contributed by atoms with E-state index in [4.69, 9.17) is 0 Å². The van der Waals surface area contributed by atoms with E-state index in [1.807, 2.05) is 30.3 Å². The van der Waals surface area contributed by atoms with Crippen LogP contribution in [-0.4, -0.2) is 5.11 Å².